The first-order valence-corrected chi connectivity index (χ1v) is 5.69. The molecule has 0 unspecified atom stereocenters. The number of halogens is 2. The van der Waals surface area contributed by atoms with E-state index < -0.39 is 0 Å². The zero-order chi connectivity index (χ0) is 12.0. The number of amides is 1. The maximum absolute atomic E-state index is 11.6. The predicted molar refractivity (Wildman–Crippen MR) is 73.5 cm³/mol. The van der Waals surface area contributed by atoms with Gasteiger partial charge in [-0.25, -0.2) is 0 Å². The largest absolute Gasteiger partial charge is 0.341 e. The molecule has 17 heavy (non-hydrogen) atoms. The fourth-order valence-electron chi connectivity index (χ4n) is 1.44. The SMILES string of the molecule is CN(Cc1cccc(Cl)c1)C(=O)CCCN.Cl. The van der Waals surface area contributed by atoms with Crippen LogP contribution < -0.4 is 5.73 Å². The molecule has 0 saturated carbocycles. The second-order valence-corrected chi connectivity index (χ2v) is 4.21. The van der Waals surface area contributed by atoms with Gasteiger partial charge in [0.15, 0.2) is 0 Å². The molecular formula is C12H18Cl2N2O. The Kier molecular flexibility index (Phi) is 7.96. The van der Waals surface area contributed by atoms with Crippen molar-refractivity contribution in [2.75, 3.05) is 13.6 Å². The Labute approximate surface area is 113 Å². The van der Waals surface area contributed by atoms with Gasteiger partial charge in [-0.1, -0.05) is 23.7 Å². The van der Waals surface area contributed by atoms with Gasteiger partial charge in [0.05, 0.1) is 0 Å². The minimum atomic E-state index is 0. The van der Waals surface area contributed by atoms with Gasteiger partial charge in [-0.05, 0) is 30.7 Å². The standard InChI is InChI=1S/C12H17ClN2O.ClH/c1-15(12(16)6-3-7-14)9-10-4-2-5-11(13)8-10;/h2,4-5,8H,3,6-7,9,14H2,1H3;1H. The molecule has 0 radical (unpaired) electrons. The summed E-state index contributed by atoms with van der Waals surface area (Å²) in [4.78, 5) is 13.3. The molecule has 0 aromatic heterocycles. The molecule has 1 rings (SSSR count). The molecule has 0 fully saturated rings. The number of hydrogen-bond donors (Lipinski definition) is 1. The number of carbonyl (C=O) groups excluding carboxylic acids is 1. The molecule has 2 N–H and O–H groups in total. The summed E-state index contributed by atoms with van der Waals surface area (Å²) < 4.78 is 0. The Hall–Kier alpha value is -0.770. The lowest BCUT2D eigenvalue weighted by Crippen LogP contribution is -2.26. The van der Waals surface area contributed by atoms with E-state index in [1.807, 2.05) is 24.3 Å². The fraction of sp³-hybridized carbons (Fsp3) is 0.417. The highest BCUT2D eigenvalue weighted by Crippen LogP contribution is 2.12. The van der Waals surface area contributed by atoms with E-state index in [-0.39, 0.29) is 18.3 Å². The Morgan fingerprint density at radius 1 is 1.47 bits per heavy atom. The Bertz CT molecular complexity index is 358. The van der Waals surface area contributed by atoms with Gasteiger partial charge in [-0.15, -0.1) is 12.4 Å². The fourth-order valence-corrected chi connectivity index (χ4v) is 1.65. The van der Waals surface area contributed by atoms with E-state index in [1.165, 1.54) is 0 Å². The van der Waals surface area contributed by atoms with Crippen molar-refractivity contribution in [3.05, 3.63) is 34.9 Å². The van der Waals surface area contributed by atoms with E-state index in [0.29, 0.717) is 24.5 Å². The van der Waals surface area contributed by atoms with Crippen molar-refractivity contribution < 1.29 is 4.79 Å². The summed E-state index contributed by atoms with van der Waals surface area (Å²) in [6.07, 6.45) is 1.24. The lowest BCUT2D eigenvalue weighted by molar-refractivity contribution is -0.130. The molecule has 0 aliphatic heterocycles. The van der Waals surface area contributed by atoms with Gasteiger partial charge in [-0.3, -0.25) is 4.79 Å². The van der Waals surface area contributed by atoms with Crippen molar-refractivity contribution in [1.29, 1.82) is 0 Å². The van der Waals surface area contributed by atoms with Crippen molar-refractivity contribution in [1.82, 2.24) is 4.90 Å². The molecule has 0 heterocycles. The monoisotopic (exact) mass is 276 g/mol. The molecule has 5 heteroatoms. The van der Waals surface area contributed by atoms with Gasteiger partial charge in [0, 0.05) is 25.0 Å². The molecule has 0 saturated heterocycles. The molecule has 0 aliphatic carbocycles. The Morgan fingerprint density at radius 2 is 2.18 bits per heavy atom. The maximum atomic E-state index is 11.6. The topological polar surface area (TPSA) is 46.3 Å². The van der Waals surface area contributed by atoms with E-state index in [1.54, 1.807) is 11.9 Å². The third kappa shape index (κ3) is 5.91. The van der Waals surface area contributed by atoms with Crippen LogP contribution in [0.5, 0.6) is 0 Å². The first-order chi connectivity index (χ1) is 7.63. The number of carbonyl (C=O) groups is 1. The highest BCUT2D eigenvalue weighted by Gasteiger charge is 2.08. The zero-order valence-electron chi connectivity index (χ0n) is 9.86. The van der Waals surface area contributed by atoms with Gasteiger partial charge in [-0.2, -0.15) is 0 Å². The average Bonchev–Trinajstić information content (AvgIpc) is 2.25. The van der Waals surface area contributed by atoms with Crippen molar-refractivity contribution in [3.8, 4) is 0 Å². The number of nitrogens with two attached hydrogens (primary N) is 1. The summed E-state index contributed by atoms with van der Waals surface area (Å²) in [5.41, 5.74) is 6.40. The van der Waals surface area contributed by atoms with Gasteiger partial charge in [0.1, 0.15) is 0 Å². The highest BCUT2D eigenvalue weighted by atomic mass is 35.5. The van der Waals surface area contributed by atoms with Crippen LogP contribution in [0.4, 0.5) is 0 Å². The minimum absolute atomic E-state index is 0. The summed E-state index contributed by atoms with van der Waals surface area (Å²) in [6.45, 7) is 1.14. The second kappa shape index (κ2) is 8.34. The second-order valence-electron chi connectivity index (χ2n) is 3.77. The summed E-state index contributed by atoms with van der Waals surface area (Å²) in [7, 11) is 1.79. The molecule has 1 aromatic rings. The molecular weight excluding hydrogens is 259 g/mol. The van der Waals surface area contributed by atoms with Gasteiger partial charge >= 0.3 is 0 Å². The maximum Gasteiger partial charge on any atom is 0.222 e. The van der Waals surface area contributed by atoms with Crippen LogP contribution >= 0.6 is 24.0 Å². The third-order valence-electron chi connectivity index (χ3n) is 2.33. The van der Waals surface area contributed by atoms with Crippen LogP contribution in [0.1, 0.15) is 18.4 Å². The van der Waals surface area contributed by atoms with Crippen LogP contribution in [-0.2, 0) is 11.3 Å². The average molecular weight is 277 g/mol. The van der Waals surface area contributed by atoms with Crippen molar-refractivity contribution in [2.24, 2.45) is 5.73 Å². The predicted octanol–water partition coefficient (Wildman–Crippen LogP) is 2.46. The summed E-state index contributed by atoms with van der Waals surface area (Å²) >= 11 is 5.87. The third-order valence-corrected chi connectivity index (χ3v) is 2.56. The molecule has 0 bridgehead atoms. The van der Waals surface area contributed by atoms with Crippen LogP contribution in [0.25, 0.3) is 0 Å². The molecule has 0 spiro atoms. The van der Waals surface area contributed by atoms with E-state index in [4.69, 9.17) is 17.3 Å². The number of hydrogen-bond acceptors (Lipinski definition) is 2. The molecule has 0 atom stereocenters. The van der Waals surface area contributed by atoms with Crippen molar-refractivity contribution >= 4 is 29.9 Å². The first kappa shape index (κ1) is 16.2. The van der Waals surface area contributed by atoms with E-state index >= 15 is 0 Å². The van der Waals surface area contributed by atoms with Crippen molar-refractivity contribution in [2.45, 2.75) is 19.4 Å². The normalized spacial score (nSPS) is 9.59. The van der Waals surface area contributed by atoms with Gasteiger partial charge in [0.25, 0.3) is 0 Å². The summed E-state index contributed by atoms with van der Waals surface area (Å²) in [6, 6.07) is 7.53. The van der Waals surface area contributed by atoms with Gasteiger partial charge < -0.3 is 10.6 Å². The van der Waals surface area contributed by atoms with Crippen LogP contribution in [0.3, 0.4) is 0 Å². The summed E-state index contributed by atoms with van der Waals surface area (Å²) in [5, 5.41) is 0.695. The number of nitrogens with zero attached hydrogens (tertiary/aromatic N) is 1. The Balaban J connectivity index is 0.00000256. The quantitative estimate of drug-likeness (QED) is 0.898. The molecule has 0 aliphatic rings. The van der Waals surface area contributed by atoms with Crippen molar-refractivity contribution in [3.63, 3.8) is 0 Å². The first-order valence-electron chi connectivity index (χ1n) is 5.32. The Morgan fingerprint density at radius 3 is 2.76 bits per heavy atom. The van der Waals surface area contributed by atoms with Crippen LogP contribution in [0.15, 0.2) is 24.3 Å². The van der Waals surface area contributed by atoms with Crippen LogP contribution in [0.2, 0.25) is 5.02 Å². The van der Waals surface area contributed by atoms with Crippen LogP contribution in [0, 0.1) is 0 Å². The lowest BCUT2D eigenvalue weighted by Gasteiger charge is -2.17. The van der Waals surface area contributed by atoms with E-state index in [9.17, 15) is 4.79 Å². The highest BCUT2D eigenvalue weighted by molar-refractivity contribution is 6.30. The minimum Gasteiger partial charge on any atom is -0.341 e. The molecule has 1 aromatic carbocycles. The number of rotatable bonds is 5. The molecule has 96 valence electrons. The summed E-state index contributed by atoms with van der Waals surface area (Å²) in [5.74, 6) is 0.116. The van der Waals surface area contributed by atoms with E-state index in [0.717, 1.165) is 12.0 Å². The smallest absolute Gasteiger partial charge is 0.222 e. The number of benzene rings is 1. The molecule has 3 nitrogen and oxygen atoms in total. The molecule has 1 amide bonds. The lowest BCUT2D eigenvalue weighted by atomic mass is 10.2. The zero-order valence-corrected chi connectivity index (χ0v) is 11.4. The van der Waals surface area contributed by atoms with E-state index in [2.05, 4.69) is 0 Å². The van der Waals surface area contributed by atoms with Gasteiger partial charge in [0.2, 0.25) is 5.91 Å². The van der Waals surface area contributed by atoms with Crippen LogP contribution in [-0.4, -0.2) is 24.4 Å².